The maximum absolute atomic E-state index is 8.25. The van der Waals surface area contributed by atoms with Crippen LogP contribution in [-0.2, 0) is 0 Å². The Kier molecular flexibility index (Phi) is 44.0. The van der Waals surface area contributed by atoms with Gasteiger partial charge in [0, 0.05) is 0 Å². The summed E-state index contributed by atoms with van der Waals surface area (Å²) in [7, 11) is 1.50. The molecule has 0 aliphatic rings. The molecule has 2 N–H and O–H groups in total. The molecule has 0 radical (unpaired) electrons. The molecule has 0 amide bonds. The number of hydrogen-bond donors (Lipinski definition) is 1. The van der Waals surface area contributed by atoms with E-state index in [4.69, 9.17) is 15.9 Å². The number of nitrogens with two attached hydrogens (primary N) is 1. The second-order valence-corrected chi connectivity index (χ2v) is 8.38. The molecule has 13 heavy (non-hydrogen) atoms. The first-order chi connectivity index (χ1) is 6.41. The largest absolute Gasteiger partial charge is 0.857 e. The summed E-state index contributed by atoms with van der Waals surface area (Å²) in [5, 5.41) is 16.5. The first-order valence-corrected chi connectivity index (χ1v) is 9.41. The topological polar surface area (TPSA) is 72.1 Å². The Morgan fingerprint density at radius 3 is 2.15 bits per heavy atom. The predicted molar refractivity (Wildman–Crippen MR) is 59.1 cm³/mol. The van der Waals surface area contributed by atoms with Crippen molar-refractivity contribution in [3.8, 4) is 0 Å². The van der Waals surface area contributed by atoms with Gasteiger partial charge in [-0.05, 0) is 0 Å². The van der Waals surface area contributed by atoms with Crippen LogP contribution < -0.4 is 15.9 Å². The van der Waals surface area contributed by atoms with E-state index in [2.05, 4.69) is 18.7 Å². The Morgan fingerprint density at radius 2 is 1.77 bits per heavy atom. The van der Waals surface area contributed by atoms with E-state index in [-0.39, 0.29) is 21.1 Å². The van der Waals surface area contributed by atoms with Crippen LogP contribution in [0.15, 0.2) is 0 Å². The van der Waals surface area contributed by atoms with E-state index in [0.29, 0.717) is 0 Å². The zero-order chi connectivity index (χ0) is 10.9. The predicted octanol–water partition coefficient (Wildman–Crippen LogP) is -0.879. The van der Waals surface area contributed by atoms with Gasteiger partial charge in [0.05, 0.1) is 0 Å². The minimum absolute atomic E-state index is 0.0325. The van der Waals surface area contributed by atoms with Gasteiger partial charge in [0.25, 0.3) is 0 Å². The Hall–Kier alpha value is 1.03. The van der Waals surface area contributed by atoms with Crippen molar-refractivity contribution in [3.05, 3.63) is 0 Å². The summed E-state index contributed by atoms with van der Waals surface area (Å²) in [6.07, 6.45) is 1.27. The summed E-state index contributed by atoms with van der Waals surface area (Å²) in [6, 6.07) is 0. The number of rotatable bonds is 6. The maximum atomic E-state index is 8.25. The van der Waals surface area contributed by atoms with E-state index >= 15 is 0 Å². The van der Waals surface area contributed by atoms with E-state index in [9.17, 15) is 0 Å². The number of thioether (sulfide) groups is 1. The van der Waals surface area contributed by atoms with Crippen LogP contribution in [0, 0.1) is 0 Å². The maximum Gasteiger partial charge on any atom is -0.153 e. The summed E-state index contributed by atoms with van der Waals surface area (Å²) in [5.74, 6) is 1.30. The third kappa shape index (κ3) is 32.1. The van der Waals surface area contributed by atoms with Gasteiger partial charge in [0.2, 0.25) is 0 Å². The minimum Gasteiger partial charge on any atom is -0.857 e. The Balaban J connectivity index is -0.000000218. The van der Waals surface area contributed by atoms with Gasteiger partial charge in [-0.2, -0.15) is 14.2 Å². The first-order valence-electron chi connectivity index (χ1n) is 4.22. The van der Waals surface area contributed by atoms with Gasteiger partial charge >= 0.3 is 72.5 Å². The standard InChI is InChI=1S/C3H8N.C3H7S.2CH3O.Sn/c1-2-3-4;1-3-4-2;2*1-2;/h1-4H2;2-3H2,1H3;2*1H3;/q;;2*-1;+2. The number of hydrogen-bond acceptors (Lipinski definition) is 4. The van der Waals surface area contributed by atoms with Crippen LogP contribution in [-0.4, -0.2) is 51.4 Å². The van der Waals surface area contributed by atoms with Crippen LogP contribution in [0.2, 0.25) is 4.44 Å². The van der Waals surface area contributed by atoms with Crippen molar-refractivity contribution in [2.75, 3.05) is 30.3 Å². The first kappa shape index (κ1) is 19.6. The van der Waals surface area contributed by atoms with Crippen LogP contribution in [0.3, 0.4) is 0 Å². The molecule has 0 aliphatic heterocycles. The normalized spacial score (nSPS) is 7.23. The molecule has 0 aromatic rings. The molecule has 0 bridgehead atoms. The molecule has 0 rings (SSSR count). The zero-order valence-corrected chi connectivity index (χ0v) is 12.5. The van der Waals surface area contributed by atoms with Crippen molar-refractivity contribution in [2.24, 2.45) is 5.73 Å². The molecular formula is C8H21NO2SSn. The molecule has 3 nitrogen and oxygen atoms in total. The van der Waals surface area contributed by atoms with Crippen LogP contribution in [0.1, 0.15) is 13.3 Å². The summed E-state index contributed by atoms with van der Waals surface area (Å²) in [6.45, 7) is 3.13. The van der Waals surface area contributed by atoms with Crippen molar-refractivity contribution in [2.45, 2.75) is 17.8 Å². The Labute approximate surface area is 96.7 Å². The summed E-state index contributed by atoms with van der Waals surface area (Å²) in [5.41, 5.74) is 5.36. The molecule has 0 unspecified atom stereocenters. The van der Waals surface area contributed by atoms with Crippen molar-refractivity contribution in [3.63, 3.8) is 0 Å². The average Bonchev–Trinajstić information content (AvgIpc) is 2.24. The fraction of sp³-hybridized carbons (Fsp3) is 1.00. The third-order valence-electron chi connectivity index (χ3n) is 0.966. The van der Waals surface area contributed by atoms with Gasteiger partial charge in [-0.3, -0.25) is 0 Å². The Bertz CT molecular complexity index is 55.4. The average molecular weight is 314 g/mol. The van der Waals surface area contributed by atoms with Gasteiger partial charge < -0.3 is 10.2 Å². The summed E-state index contributed by atoms with van der Waals surface area (Å²) >= 11 is 2.13. The van der Waals surface area contributed by atoms with Gasteiger partial charge in [-0.25, -0.2) is 0 Å². The zero-order valence-electron chi connectivity index (χ0n) is 8.84. The van der Waals surface area contributed by atoms with E-state index in [1.165, 1.54) is 20.4 Å². The smallest absolute Gasteiger partial charge is 0.153 e. The fourth-order valence-electron chi connectivity index (χ4n) is 0.473. The molecule has 80 valence electrons. The second-order valence-electron chi connectivity index (χ2n) is 1.78. The molecule has 0 atom stereocenters. The van der Waals surface area contributed by atoms with E-state index < -0.39 is 0 Å². The molecule has 5 heteroatoms. The van der Waals surface area contributed by atoms with E-state index in [1.807, 2.05) is 0 Å². The van der Waals surface area contributed by atoms with Gasteiger partial charge in [-0.15, -0.1) is 0 Å². The quantitative estimate of drug-likeness (QED) is 0.511. The third-order valence-corrected chi connectivity index (χ3v) is 7.30. The molecule has 0 aromatic carbocycles. The van der Waals surface area contributed by atoms with Crippen molar-refractivity contribution in [1.29, 1.82) is 0 Å². The van der Waals surface area contributed by atoms with Gasteiger partial charge in [0.1, 0.15) is 0 Å². The molecular weight excluding hydrogens is 293 g/mol. The molecule has 0 aromatic heterocycles. The molecule has 0 saturated carbocycles. The van der Waals surface area contributed by atoms with E-state index in [0.717, 1.165) is 20.8 Å². The monoisotopic (exact) mass is 315 g/mol. The van der Waals surface area contributed by atoms with Crippen LogP contribution >= 0.6 is 11.8 Å². The van der Waals surface area contributed by atoms with Crippen molar-refractivity contribution < 1.29 is 10.2 Å². The fourth-order valence-corrected chi connectivity index (χ4v) is 6.48. The van der Waals surface area contributed by atoms with Crippen LogP contribution in [0.25, 0.3) is 0 Å². The molecule has 0 saturated heterocycles. The molecule has 0 spiro atoms. The van der Waals surface area contributed by atoms with E-state index in [1.54, 1.807) is 0 Å². The molecule has 0 aliphatic carbocycles. The molecule has 0 heterocycles. The van der Waals surface area contributed by atoms with Crippen molar-refractivity contribution >= 4 is 32.9 Å². The van der Waals surface area contributed by atoms with Crippen LogP contribution in [0.4, 0.5) is 0 Å². The minimum atomic E-state index is 0.0325. The Morgan fingerprint density at radius 1 is 1.23 bits per heavy atom. The SMILES string of the molecule is CCS[CH2][Sn+2][CH2]CCN.C[O-].C[O-]. The van der Waals surface area contributed by atoms with Gasteiger partial charge in [-0.1, -0.05) is 0 Å². The molecule has 0 fully saturated rings. The summed E-state index contributed by atoms with van der Waals surface area (Å²) < 4.78 is 2.96. The van der Waals surface area contributed by atoms with Crippen molar-refractivity contribution in [1.82, 2.24) is 0 Å². The van der Waals surface area contributed by atoms with Crippen LogP contribution in [0.5, 0.6) is 0 Å². The van der Waals surface area contributed by atoms with Gasteiger partial charge in [0.15, 0.2) is 0 Å². The summed E-state index contributed by atoms with van der Waals surface area (Å²) in [4.78, 5) is 0. The second kappa shape index (κ2) is 29.2.